The van der Waals surface area contributed by atoms with E-state index >= 15 is 0 Å². The summed E-state index contributed by atoms with van der Waals surface area (Å²) in [5.41, 5.74) is 5.90. The number of rotatable bonds is 16. The summed E-state index contributed by atoms with van der Waals surface area (Å²) in [6.45, 7) is 0.564. The molecule has 4 rings (SSSR count). The van der Waals surface area contributed by atoms with Crippen LogP contribution in [0, 0.1) is 0 Å². The SMILES string of the molecule is O=C(O)CCCCCC(=O)NCc1cccc(-c2ccc(C3OC(CSCCO)CC(c4ccc(CO)cc4)O3)cc2)c1. The molecule has 0 aromatic heterocycles. The zero-order chi connectivity index (χ0) is 30.4. The second-order valence-electron chi connectivity index (χ2n) is 10.7. The van der Waals surface area contributed by atoms with Crippen molar-refractivity contribution in [3.8, 4) is 11.1 Å². The molecule has 3 atom stereocenters. The zero-order valence-corrected chi connectivity index (χ0v) is 25.1. The minimum Gasteiger partial charge on any atom is -0.481 e. The van der Waals surface area contributed by atoms with E-state index in [2.05, 4.69) is 11.4 Å². The van der Waals surface area contributed by atoms with E-state index in [0.29, 0.717) is 38.0 Å². The van der Waals surface area contributed by atoms with Crippen molar-refractivity contribution in [3.05, 3.63) is 95.1 Å². The van der Waals surface area contributed by atoms with Crippen LogP contribution in [0.15, 0.2) is 72.8 Å². The fraction of sp³-hybridized carbons (Fsp3) is 0.412. The molecule has 0 radical (unpaired) electrons. The molecule has 1 saturated heterocycles. The average Bonchev–Trinajstić information content (AvgIpc) is 3.04. The summed E-state index contributed by atoms with van der Waals surface area (Å²) in [5, 5.41) is 30.3. The smallest absolute Gasteiger partial charge is 0.303 e. The van der Waals surface area contributed by atoms with Crippen molar-refractivity contribution in [2.45, 2.75) is 70.2 Å². The minimum atomic E-state index is -0.803. The van der Waals surface area contributed by atoms with Gasteiger partial charge in [0.2, 0.25) is 5.91 Å². The Bertz CT molecular complexity index is 1300. The number of benzene rings is 3. The van der Waals surface area contributed by atoms with E-state index in [1.54, 1.807) is 11.8 Å². The van der Waals surface area contributed by atoms with Gasteiger partial charge >= 0.3 is 5.97 Å². The number of aliphatic hydroxyl groups excluding tert-OH is 2. The van der Waals surface area contributed by atoms with Crippen LogP contribution in [-0.4, -0.2) is 51.4 Å². The Morgan fingerprint density at radius 2 is 1.58 bits per heavy atom. The number of hydrogen-bond donors (Lipinski definition) is 4. The van der Waals surface area contributed by atoms with Crippen molar-refractivity contribution in [1.82, 2.24) is 5.32 Å². The number of amides is 1. The van der Waals surface area contributed by atoms with Gasteiger partial charge in [0.25, 0.3) is 0 Å². The predicted octanol–water partition coefficient (Wildman–Crippen LogP) is 5.77. The lowest BCUT2D eigenvalue weighted by molar-refractivity contribution is -0.245. The monoisotopic (exact) mass is 607 g/mol. The van der Waals surface area contributed by atoms with Gasteiger partial charge in [-0.15, -0.1) is 0 Å². The Labute approximate surface area is 257 Å². The lowest BCUT2D eigenvalue weighted by Crippen LogP contribution is -2.31. The fourth-order valence-corrected chi connectivity index (χ4v) is 5.80. The molecule has 3 unspecified atom stereocenters. The van der Waals surface area contributed by atoms with Crippen LogP contribution >= 0.6 is 11.8 Å². The van der Waals surface area contributed by atoms with Crippen molar-refractivity contribution in [3.63, 3.8) is 0 Å². The summed E-state index contributed by atoms with van der Waals surface area (Å²) in [6.07, 6.45) is 2.52. The first kappa shape index (κ1) is 32.7. The van der Waals surface area contributed by atoms with Crippen molar-refractivity contribution in [2.75, 3.05) is 18.1 Å². The molecule has 3 aromatic carbocycles. The second-order valence-corrected chi connectivity index (χ2v) is 11.9. The number of aliphatic carboxylic acids is 1. The summed E-state index contributed by atoms with van der Waals surface area (Å²) < 4.78 is 12.8. The molecule has 1 aliphatic rings. The third-order valence-electron chi connectivity index (χ3n) is 7.38. The van der Waals surface area contributed by atoms with Gasteiger partial charge in [-0.1, -0.05) is 73.2 Å². The van der Waals surface area contributed by atoms with Gasteiger partial charge in [-0.05, 0) is 46.7 Å². The van der Waals surface area contributed by atoms with Crippen molar-refractivity contribution in [1.29, 1.82) is 0 Å². The van der Waals surface area contributed by atoms with Gasteiger partial charge in [0.05, 0.1) is 25.4 Å². The minimum absolute atomic E-state index is 0.000558. The van der Waals surface area contributed by atoms with E-state index in [4.69, 9.17) is 14.6 Å². The van der Waals surface area contributed by atoms with E-state index in [1.807, 2.05) is 66.7 Å². The predicted molar refractivity (Wildman–Crippen MR) is 167 cm³/mol. The first-order chi connectivity index (χ1) is 20.9. The third kappa shape index (κ3) is 10.5. The summed E-state index contributed by atoms with van der Waals surface area (Å²) in [7, 11) is 0. The van der Waals surface area contributed by atoms with E-state index in [1.165, 1.54) is 0 Å². The maximum Gasteiger partial charge on any atom is 0.303 e. The van der Waals surface area contributed by atoms with E-state index < -0.39 is 12.3 Å². The molecule has 230 valence electrons. The number of aliphatic hydroxyl groups is 2. The largest absolute Gasteiger partial charge is 0.481 e. The van der Waals surface area contributed by atoms with Gasteiger partial charge < -0.3 is 30.1 Å². The molecule has 9 heteroatoms. The Balaban J connectivity index is 1.37. The Morgan fingerprint density at radius 1 is 0.837 bits per heavy atom. The number of carbonyl (C=O) groups is 2. The fourth-order valence-electron chi connectivity index (χ4n) is 5.02. The van der Waals surface area contributed by atoms with Gasteiger partial charge in [-0.25, -0.2) is 0 Å². The number of unbranched alkanes of at least 4 members (excludes halogenated alkanes) is 2. The summed E-state index contributed by atoms with van der Waals surface area (Å²) in [4.78, 5) is 22.8. The van der Waals surface area contributed by atoms with Crippen molar-refractivity contribution >= 4 is 23.6 Å². The highest BCUT2D eigenvalue weighted by molar-refractivity contribution is 7.99. The highest BCUT2D eigenvalue weighted by atomic mass is 32.2. The first-order valence-corrected chi connectivity index (χ1v) is 16.0. The molecule has 1 fully saturated rings. The van der Waals surface area contributed by atoms with Crippen LogP contribution in [0.2, 0.25) is 0 Å². The molecular weight excluding hydrogens is 566 g/mol. The molecule has 4 N–H and O–H groups in total. The average molecular weight is 608 g/mol. The molecule has 0 bridgehead atoms. The topological polar surface area (TPSA) is 125 Å². The van der Waals surface area contributed by atoms with Crippen LogP contribution < -0.4 is 5.32 Å². The normalized spacial score (nSPS) is 18.3. The van der Waals surface area contributed by atoms with E-state index in [0.717, 1.165) is 45.6 Å². The Hall–Kier alpha value is -3.21. The van der Waals surface area contributed by atoms with Crippen LogP contribution in [0.25, 0.3) is 11.1 Å². The summed E-state index contributed by atoms with van der Waals surface area (Å²) >= 11 is 1.66. The highest BCUT2D eigenvalue weighted by Gasteiger charge is 2.32. The number of carboxylic acids is 1. The lowest BCUT2D eigenvalue weighted by Gasteiger charge is -2.36. The quantitative estimate of drug-likeness (QED) is 0.151. The van der Waals surface area contributed by atoms with Gasteiger partial charge in [-0.3, -0.25) is 9.59 Å². The standard InChI is InChI=1S/C34H41NO7S/c36-17-18-43-23-30-20-31(27-11-9-24(22-37)10-12-27)42-34(41-30)28-15-13-26(14-16-28)29-6-4-5-25(19-29)21-35-32(38)7-2-1-3-8-33(39)40/h4-6,9-16,19,30-31,34,36-37H,1-3,7-8,17-18,20-23H2,(H,35,38)(H,39,40). The molecular formula is C34H41NO7S. The van der Waals surface area contributed by atoms with E-state index in [9.17, 15) is 19.8 Å². The molecule has 3 aromatic rings. The van der Waals surface area contributed by atoms with Crippen LogP contribution in [0.3, 0.4) is 0 Å². The number of ether oxygens (including phenoxy) is 2. The first-order valence-electron chi connectivity index (χ1n) is 14.8. The van der Waals surface area contributed by atoms with Gasteiger partial charge in [-0.2, -0.15) is 11.8 Å². The van der Waals surface area contributed by atoms with Crippen LogP contribution in [0.1, 0.15) is 73.2 Å². The number of carbonyl (C=O) groups excluding carboxylic acids is 1. The number of hydrogen-bond acceptors (Lipinski definition) is 7. The zero-order valence-electron chi connectivity index (χ0n) is 24.3. The number of thioether (sulfide) groups is 1. The van der Waals surface area contributed by atoms with E-state index in [-0.39, 0.29) is 37.7 Å². The molecule has 1 amide bonds. The van der Waals surface area contributed by atoms with Crippen molar-refractivity contribution in [2.24, 2.45) is 0 Å². The molecule has 8 nitrogen and oxygen atoms in total. The maximum absolute atomic E-state index is 12.2. The Morgan fingerprint density at radius 3 is 2.30 bits per heavy atom. The van der Waals surface area contributed by atoms with Crippen molar-refractivity contribution < 1.29 is 34.4 Å². The molecule has 43 heavy (non-hydrogen) atoms. The van der Waals surface area contributed by atoms with Crippen LogP contribution in [0.5, 0.6) is 0 Å². The van der Waals surface area contributed by atoms with Crippen LogP contribution in [0.4, 0.5) is 0 Å². The van der Waals surface area contributed by atoms with Gasteiger partial charge in [0.1, 0.15) is 0 Å². The highest BCUT2D eigenvalue weighted by Crippen LogP contribution is 2.39. The van der Waals surface area contributed by atoms with Gasteiger partial charge in [0, 0.05) is 42.9 Å². The Kier molecular flexibility index (Phi) is 13.1. The lowest BCUT2D eigenvalue weighted by atomic mass is 9.99. The molecule has 0 saturated carbocycles. The molecule has 1 heterocycles. The summed E-state index contributed by atoms with van der Waals surface area (Å²) in [5.74, 6) is 0.585. The maximum atomic E-state index is 12.2. The second kappa shape index (κ2) is 17.2. The van der Waals surface area contributed by atoms with Gasteiger partial charge in [0.15, 0.2) is 6.29 Å². The molecule has 1 aliphatic heterocycles. The summed E-state index contributed by atoms with van der Waals surface area (Å²) in [6, 6.07) is 24.0. The third-order valence-corrected chi connectivity index (χ3v) is 8.46. The van der Waals surface area contributed by atoms with Crippen LogP contribution in [-0.2, 0) is 32.2 Å². The number of nitrogens with one attached hydrogen (secondary N) is 1. The molecule has 0 spiro atoms. The molecule has 0 aliphatic carbocycles. The number of carboxylic acid groups (broad SMARTS) is 1.